The SMILES string of the molecule is Cl.O=C(CCC1CCNC1)Nc1cc(C(F)(F)F)ccc1NCc1ccccc1. The van der Waals surface area contributed by atoms with Gasteiger partial charge in [-0.2, -0.15) is 13.2 Å². The Morgan fingerprint density at radius 2 is 1.86 bits per heavy atom. The quantitative estimate of drug-likeness (QED) is 0.578. The minimum atomic E-state index is -4.47. The summed E-state index contributed by atoms with van der Waals surface area (Å²) in [6.07, 6.45) is -2.42. The molecule has 4 nitrogen and oxygen atoms in total. The molecule has 1 saturated heterocycles. The van der Waals surface area contributed by atoms with Gasteiger partial charge >= 0.3 is 6.18 Å². The molecular weight excluding hydrogens is 403 g/mol. The van der Waals surface area contributed by atoms with Crippen LogP contribution in [0, 0.1) is 5.92 Å². The first-order chi connectivity index (χ1) is 13.4. The van der Waals surface area contributed by atoms with E-state index in [0.29, 0.717) is 24.6 Å². The highest BCUT2D eigenvalue weighted by atomic mass is 35.5. The second-order valence-corrected chi connectivity index (χ2v) is 7.04. The third kappa shape index (κ3) is 6.94. The minimum Gasteiger partial charge on any atom is -0.379 e. The van der Waals surface area contributed by atoms with E-state index >= 15 is 0 Å². The van der Waals surface area contributed by atoms with E-state index in [-0.39, 0.29) is 24.0 Å². The lowest BCUT2D eigenvalue weighted by atomic mass is 10.0. The molecular formula is C21H25ClF3N3O. The van der Waals surface area contributed by atoms with Gasteiger partial charge in [-0.25, -0.2) is 0 Å². The first-order valence-corrected chi connectivity index (χ1v) is 9.41. The monoisotopic (exact) mass is 427 g/mol. The van der Waals surface area contributed by atoms with Crippen molar-refractivity contribution in [3.63, 3.8) is 0 Å². The average molecular weight is 428 g/mol. The summed E-state index contributed by atoms with van der Waals surface area (Å²) in [5.41, 5.74) is 0.828. The molecule has 1 atom stereocenters. The van der Waals surface area contributed by atoms with Gasteiger partial charge in [-0.15, -0.1) is 12.4 Å². The Balaban J connectivity index is 0.00000300. The van der Waals surface area contributed by atoms with E-state index in [1.54, 1.807) is 0 Å². The van der Waals surface area contributed by atoms with Crippen molar-refractivity contribution < 1.29 is 18.0 Å². The summed E-state index contributed by atoms with van der Waals surface area (Å²) < 4.78 is 39.3. The van der Waals surface area contributed by atoms with E-state index in [4.69, 9.17) is 0 Å². The number of halogens is 4. The topological polar surface area (TPSA) is 53.2 Å². The van der Waals surface area contributed by atoms with Crippen LogP contribution in [0.15, 0.2) is 48.5 Å². The predicted molar refractivity (Wildman–Crippen MR) is 111 cm³/mol. The zero-order valence-electron chi connectivity index (χ0n) is 15.9. The van der Waals surface area contributed by atoms with Crippen molar-refractivity contribution in [1.29, 1.82) is 0 Å². The van der Waals surface area contributed by atoms with Crippen LogP contribution >= 0.6 is 12.4 Å². The summed E-state index contributed by atoms with van der Waals surface area (Å²) in [5, 5.41) is 9.02. The third-order valence-electron chi connectivity index (χ3n) is 4.89. The molecule has 158 valence electrons. The van der Waals surface area contributed by atoms with Gasteiger partial charge in [-0.1, -0.05) is 30.3 Å². The second kappa shape index (κ2) is 10.5. The first kappa shape index (κ1) is 23.0. The molecule has 1 fully saturated rings. The maximum Gasteiger partial charge on any atom is 0.416 e. The lowest BCUT2D eigenvalue weighted by molar-refractivity contribution is -0.137. The van der Waals surface area contributed by atoms with Gasteiger partial charge in [0.05, 0.1) is 16.9 Å². The van der Waals surface area contributed by atoms with Gasteiger partial charge in [0.1, 0.15) is 0 Å². The van der Waals surface area contributed by atoms with Gasteiger partial charge in [0.2, 0.25) is 5.91 Å². The molecule has 2 aromatic rings. The van der Waals surface area contributed by atoms with Crippen molar-refractivity contribution in [3.8, 4) is 0 Å². The number of carbonyl (C=O) groups is 1. The molecule has 3 N–H and O–H groups in total. The standard InChI is InChI=1S/C21H24F3N3O.ClH/c22-21(23,24)17-7-8-18(26-14-15-4-2-1-3-5-15)19(12-17)27-20(28)9-6-16-10-11-25-13-16;/h1-5,7-8,12,16,25-26H,6,9-11,13-14H2,(H,27,28);1H. The van der Waals surface area contributed by atoms with Crippen LogP contribution in [0.5, 0.6) is 0 Å². The van der Waals surface area contributed by atoms with Crippen molar-refractivity contribution >= 4 is 29.7 Å². The lowest BCUT2D eigenvalue weighted by Crippen LogP contribution is -2.17. The number of rotatable bonds is 7. The fourth-order valence-electron chi connectivity index (χ4n) is 3.28. The number of benzene rings is 2. The molecule has 8 heteroatoms. The molecule has 29 heavy (non-hydrogen) atoms. The van der Waals surface area contributed by atoms with Crippen LogP contribution in [0.1, 0.15) is 30.4 Å². The smallest absolute Gasteiger partial charge is 0.379 e. The van der Waals surface area contributed by atoms with E-state index in [2.05, 4.69) is 16.0 Å². The van der Waals surface area contributed by atoms with Crippen molar-refractivity contribution in [3.05, 3.63) is 59.7 Å². The zero-order chi connectivity index (χ0) is 20.0. The van der Waals surface area contributed by atoms with Gasteiger partial charge in [-0.05, 0) is 55.6 Å². The maximum atomic E-state index is 13.1. The number of nitrogens with one attached hydrogen (secondary N) is 3. The Morgan fingerprint density at radius 3 is 2.52 bits per heavy atom. The molecule has 3 rings (SSSR count). The molecule has 0 radical (unpaired) electrons. The molecule has 1 heterocycles. The maximum absolute atomic E-state index is 13.1. The number of hydrogen-bond donors (Lipinski definition) is 3. The van der Waals surface area contributed by atoms with Gasteiger partial charge in [0.25, 0.3) is 0 Å². The summed E-state index contributed by atoms with van der Waals surface area (Å²) in [6.45, 7) is 2.29. The van der Waals surface area contributed by atoms with Crippen LogP contribution in [0.4, 0.5) is 24.5 Å². The second-order valence-electron chi connectivity index (χ2n) is 7.04. The largest absolute Gasteiger partial charge is 0.416 e. The molecule has 1 unspecified atom stereocenters. The van der Waals surface area contributed by atoms with Crippen molar-refractivity contribution in [2.24, 2.45) is 5.92 Å². The molecule has 0 aromatic heterocycles. The summed E-state index contributed by atoms with van der Waals surface area (Å²) in [4.78, 5) is 12.3. The third-order valence-corrected chi connectivity index (χ3v) is 4.89. The van der Waals surface area contributed by atoms with E-state index in [0.717, 1.165) is 43.6 Å². The molecule has 0 saturated carbocycles. The van der Waals surface area contributed by atoms with E-state index in [1.807, 2.05) is 30.3 Å². The van der Waals surface area contributed by atoms with E-state index < -0.39 is 11.7 Å². The molecule has 0 aliphatic carbocycles. The molecule has 1 aliphatic heterocycles. The molecule has 1 amide bonds. The molecule has 0 bridgehead atoms. The van der Waals surface area contributed by atoms with Crippen LogP contribution in [0.2, 0.25) is 0 Å². The van der Waals surface area contributed by atoms with Gasteiger partial charge in [-0.3, -0.25) is 4.79 Å². The summed E-state index contributed by atoms with van der Waals surface area (Å²) >= 11 is 0. The number of amides is 1. The van der Waals surface area contributed by atoms with Crippen LogP contribution in [0.3, 0.4) is 0 Å². The fraction of sp³-hybridized carbons (Fsp3) is 0.381. The zero-order valence-corrected chi connectivity index (χ0v) is 16.7. The van der Waals surface area contributed by atoms with Crippen molar-refractivity contribution in [2.75, 3.05) is 23.7 Å². The Labute approximate surface area is 174 Å². The van der Waals surface area contributed by atoms with E-state index in [9.17, 15) is 18.0 Å². The first-order valence-electron chi connectivity index (χ1n) is 9.41. The van der Waals surface area contributed by atoms with Gasteiger partial charge in [0, 0.05) is 13.0 Å². The fourth-order valence-corrected chi connectivity index (χ4v) is 3.28. The number of hydrogen-bond acceptors (Lipinski definition) is 3. The number of anilines is 2. The number of carbonyl (C=O) groups excluding carboxylic acids is 1. The van der Waals surface area contributed by atoms with Crippen molar-refractivity contribution in [1.82, 2.24) is 5.32 Å². The number of alkyl halides is 3. The highest BCUT2D eigenvalue weighted by molar-refractivity contribution is 5.94. The van der Waals surface area contributed by atoms with Gasteiger partial charge < -0.3 is 16.0 Å². The van der Waals surface area contributed by atoms with Crippen LogP contribution in [0.25, 0.3) is 0 Å². The Morgan fingerprint density at radius 1 is 1.10 bits per heavy atom. The van der Waals surface area contributed by atoms with Gasteiger partial charge in [0.15, 0.2) is 0 Å². The highest BCUT2D eigenvalue weighted by Gasteiger charge is 2.31. The Hall–Kier alpha value is -2.25. The van der Waals surface area contributed by atoms with Crippen LogP contribution in [-0.4, -0.2) is 19.0 Å². The average Bonchev–Trinajstić information content (AvgIpc) is 3.19. The highest BCUT2D eigenvalue weighted by Crippen LogP contribution is 2.34. The molecule has 2 aromatic carbocycles. The summed E-state index contributed by atoms with van der Waals surface area (Å²) in [5.74, 6) is 0.178. The Bertz CT molecular complexity index is 794. The minimum absolute atomic E-state index is 0. The normalized spacial score (nSPS) is 16.2. The predicted octanol–water partition coefficient (Wildman–Crippen LogP) is 5.07. The van der Waals surface area contributed by atoms with Crippen LogP contribution < -0.4 is 16.0 Å². The molecule has 0 spiro atoms. The Kier molecular flexibility index (Phi) is 8.34. The van der Waals surface area contributed by atoms with Crippen LogP contribution in [-0.2, 0) is 17.5 Å². The van der Waals surface area contributed by atoms with Crippen molar-refractivity contribution in [2.45, 2.75) is 32.0 Å². The van der Waals surface area contributed by atoms with E-state index in [1.165, 1.54) is 6.07 Å². The summed E-state index contributed by atoms with van der Waals surface area (Å²) in [6, 6.07) is 12.9. The lowest BCUT2D eigenvalue weighted by Gasteiger charge is -2.16. The summed E-state index contributed by atoms with van der Waals surface area (Å²) in [7, 11) is 0. The molecule has 1 aliphatic rings.